The molecule has 0 bridgehead atoms. The number of thiophene rings is 1. The Kier molecular flexibility index (Phi) is 6.38. The van der Waals surface area contributed by atoms with Gasteiger partial charge in [0.15, 0.2) is 0 Å². The maximum atomic E-state index is 13.7. The van der Waals surface area contributed by atoms with Gasteiger partial charge in [-0.2, -0.15) is 16.4 Å². The van der Waals surface area contributed by atoms with Gasteiger partial charge in [0.05, 0.1) is 22.4 Å². The first-order valence-corrected chi connectivity index (χ1v) is 14.5. The number of carbonyl (C=O) groups excluding carboxylic acids is 2. The quantitative estimate of drug-likeness (QED) is 0.350. The van der Waals surface area contributed by atoms with Crippen LogP contribution in [0.2, 0.25) is 0 Å². The van der Waals surface area contributed by atoms with Crippen LogP contribution in [-0.4, -0.2) is 39.9 Å². The minimum absolute atomic E-state index is 0.0237. The lowest BCUT2D eigenvalue weighted by molar-refractivity contribution is -0.123. The van der Waals surface area contributed by atoms with Gasteiger partial charge in [0.25, 0.3) is 0 Å². The SMILES string of the molecule is Cc1ccc(-n2nc(-c3ccccc3)c3c2N(CC(=O)NC2CC2)C(=O)CSC3c2ccsc2)c(C)c1. The lowest BCUT2D eigenvalue weighted by Crippen LogP contribution is -2.43. The van der Waals surface area contributed by atoms with E-state index in [1.54, 1.807) is 28.0 Å². The van der Waals surface area contributed by atoms with Gasteiger partial charge in [-0.1, -0.05) is 48.0 Å². The Bertz CT molecular complexity index is 1460. The fraction of sp³-hybridized carbons (Fsp3) is 0.276. The number of anilines is 1. The summed E-state index contributed by atoms with van der Waals surface area (Å²) >= 11 is 3.25. The average molecular weight is 529 g/mol. The monoisotopic (exact) mass is 528 g/mol. The highest BCUT2D eigenvalue weighted by Gasteiger charge is 2.38. The third-order valence-electron chi connectivity index (χ3n) is 6.81. The van der Waals surface area contributed by atoms with Crippen LogP contribution in [0.1, 0.15) is 40.3 Å². The molecule has 1 N–H and O–H groups in total. The summed E-state index contributed by atoms with van der Waals surface area (Å²) in [6.45, 7) is 4.10. The predicted molar refractivity (Wildman–Crippen MR) is 151 cm³/mol. The highest BCUT2D eigenvalue weighted by Crippen LogP contribution is 2.49. The first-order chi connectivity index (χ1) is 18.0. The number of fused-ring (bicyclic) bond motifs is 1. The van der Waals surface area contributed by atoms with E-state index in [1.165, 1.54) is 0 Å². The standard InChI is InChI=1S/C29H28N4O2S2/c1-18-8-11-23(19(2)14-18)33-29-26(27(31-33)20-6-4-3-5-7-20)28(21-12-13-36-16-21)37-17-25(35)32(29)15-24(34)30-22-9-10-22/h3-8,11-14,16,22,28H,9-10,15,17H2,1-2H3,(H,30,34). The molecular formula is C29H28N4O2S2. The second kappa shape index (κ2) is 9.84. The number of amides is 2. The number of rotatable bonds is 6. The van der Waals surface area contributed by atoms with E-state index in [-0.39, 0.29) is 35.4 Å². The van der Waals surface area contributed by atoms with Crippen LogP contribution in [0, 0.1) is 13.8 Å². The van der Waals surface area contributed by atoms with Crippen molar-refractivity contribution in [3.05, 3.63) is 87.6 Å². The van der Waals surface area contributed by atoms with Crippen LogP contribution in [0.25, 0.3) is 16.9 Å². The van der Waals surface area contributed by atoms with Gasteiger partial charge in [0.2, 0.25) is 11.8 Å². The van der Waals surface area contributed by atoms with Crippen LogP contribution in [0.4, 0.5) is 5.82 Å². The Morgan fingerprint density at radius 2 is 1.92 bits per heavy atom. The second-order valence-corrected chi connectivity index (χ2v) is 11.6. The summed E-state index contributed by atoms with van der Waals surface area (Å²) in [5.74, 6) is 0.756. The summed E-state index contributed by atoms with van der Waals surface area (Å²) in [6, 6.07) is 18.7. The van der Waals surface area contributed by atoms with E-state index in [1.807, 2.05) is 22.9 Å². The average Bonchev–Trinajstić information content (AvgIpc) is 3.41. The lowest BCUT2D eigenvalue weighted by Gasteiger charge is -2.23. The smallest absolute Gasteiger partial charge is 0.240 e. The van der Waals surface area contributed by atoms with Crippen molar-refractivity contribution in [1.29, 1.82) is 0 Å². The van der Waals surface area contributed by atoms with Gasteiger partial charge in [-0.25, -0.2) is 4.68 Å². The molecule has 2 aliphatic rings. The highest BCUT2D eigenvalue weighted by atomic mass is 32.2. The first-order valence-electron chi connectivity index (χ1n) is 12.5. The van der Waals surface area contributed by atoms with Crippen LogP contribution in [0.15, 0.2) is 65.4 Å². The Balaban J connectivity index is 1.61. The predicted octanol–water partition coefficient (Wildman–Crippen LogP) is 5.67. The number of nitrogens with one attached hydrogen (secondary N) is 1. The minimum Gasteiger partial charge on any atom is -0.352 e. The van der Waals surface area contributed by atoms with E-state index in [9.17, 15) is 9.59 Å². The van der Waals surface area contributed by atoms with Crippen molar-refractivity contribution in [2.24, 2.45) is 0 Å². The molecule has 37 heavy (non-hydrogen) atoms. The summed E-state index contributed by atoms with van der Waals surface area (Å²) in [7, 11) is 0. The van der Waals surface area contributed by atoms with Gasteiger partial charge in [-0.15, -0.1) is 11.8 Å². The Hall–Kier alpha value is -3.36. The Morgan fingerprint density at radius 3 is 2.62 bits per heavy atom. The van der Waals surface area contributed by atoms with Crippen molar-refractivity contribution in [3.8, 4) is 16.9 Å². The zero-order valence-corrected chi connectivity index (χ0v) is 22.4. The molecule has 0 saturated heterocycles. The summed E-state index contributed by atoms with van der Waals surface area (Å²) in [5.41, 5.74) is 7.06. The van der Waals surface area contributed by atoms with Gasteiger partial charge in [-0.3, -0.25) is 14.5 Å². The number of hydrogen-bond donors (Lipinski definition) is 1. The number of nitrogens with zero attached hydrogens (tertiary/aromatic N) is 3. The zero-order chi connectivity index (χ0) is 25.5. The molecule has 6 nitrogen and oxygen atoms in total. The van der Waals surface area contributed by atoms with E-state index in [4.69, 9.17) is 5.10 Å². The van der Waals surface area contributed by atoms with Crippen LogP contribution >= 0.6 is 23.1 Å². The molecule has 2 aromatic carbocycles. The van der Waals surface area contributed by atoms with E-state index in [0.717, 1.165) is 52.0 Å². The molecule has 2 amide bonds. The molecule has 6 rings (SSSR count). The summed E-state index contributed by atoms with van der Waals surface area (Å²) in [5, 5.41) is 12.4. The molecule has 0 radical (unpaired) electrons. The van der Waals surface area contributed by atoms with Crippen molar-refractivity contribution in [2.45, 2.75) is 38.0 Å². The maximum absolute atomic E-state index is 13.7. The molecule has 4 aromatic rings. The minimum atomic E-state index is -0.129. The molecule has 2 aromatic heterocycles. The van der Waals surface area contributed by atoms with Crippen molar-refractivity contribution in [3.63, 3.8) is 0 Å². The normalized spacial score (nSPS) is 17.4. The molecule has 1 fully saturated rings. The summed E-state index contributed by atoms with van der Waals surface area (Å²) in [4.78, 5) is 28.4. The molecule has 1 saturated carbocycles. The van der Waals surface area contributed by atoms with Gasteiger partial charge in [-0.05, 0) is 60.7 Å². The van der Waals surface area contributed by atoms with Crippen molar-refractivity contribution in [1.82, 2.24) is 15.1 Å². The molecule has 188 valence electrons. The number of benzene rings is 2. The fourth-order valence-corrected chi connectivity index (χ4v) is 6.83. The second-order valence-electron chi connectivity index (χ2n) is 9.72. The van der Waals surface area contributed by atoms with Crippen LogP contribution in [0.3, 0.4) is 0 Å². The summed E-state index contributed by atoms with van der Waals surface area (Å²) < 4.78 is 1.89. The molecule has 8 heteroatoms. The molecule has 0 spiro atoms. The zero-order valence-electron chi connectivity index (χ0n) is 20.8. The molecule has 1 atom stereocenters. The fourth-order valence-electron chi connectivity index (χ4n) is 4.87. The number of aryl methyl sites for hydroxylation is 2. The maximum Gasteiger partial charge on any atom is 0.240 e. The topological polar surface area (TPSA) is 67.2 Å². The summed E-state index contributed by atoms with van der Waals surface area (Å²) in [6.07, 6.45) is 2.00. The van der Waals surface area contributed by atoms with Crippen molar-refractivity contribution < 1.29 is 9.59 Å². The Morgan fingerprint density at radius 1 is 1.11 bits per heavy atom. The number of thioether (sulfide) groups is 1. The first kappa shape index (κ1) is 24.0. The lowest BCUT2D eigenvalue weighted by atomic mass is 10.0. The van der Waals surface area contributed by atoms with Gasteiger partial charge in [0.1, 0.15) is 12.4 Å². The van der Waals surface area contributed by atoms with E-state index < -0.39 is 0 Å². The number of aromatic nitrogens is 2. The van der Waals surface area contributed by atoms with Gasteiger partial charge >= 0.3 is 0 Å². The number of hydrogen-bond acceptors (Lipinski definition) is 5. The Labute approximate surface area is 224 Å². The molecule has 1 aliphatic heterocycles. The molecule has 1 unspecified atom stereocenters. The van der Waals surface area contributed by atoms with Gasteiger partial charge in [0, 0.05) is 17.2 Å². The van der Waals surface area contributed by atoms with Gasteiger partial charge < -0.3 is 5.32 Å². The van der Waals surface area contributed by atoms with Crippen molar-refractivity contribution >= 4 is 40.7 Å². The van der Waals surface area contributed by atoms with Crippen LogP contribution < -0.4 is 10.2 Å². The number of carbonyl (C=O) groups is 2. The largest absolute Gasteiger partial charge is 0.352 e. The third kappa shape index (κ3) is 4.71. The van der Waals surface area contributed by atoms with Crippen LogP contribution in [0.5, 0.6) is 0 Å². The third-order valence-corrected chi connectivity index (χ3v) is 8.76. The van der Waals surface area contributed by atoms with E-state index in [0.29, 0.717) is 5.82 Å². The van der Waals surface area contributed by atoms with Crippen molar-refractivity contribution in [2.75, 3.05) is 17.2 Å². The van der Waals surface area contributed by atoms with E-state index >= 15 is 0 Å². The molecule has 3 heterocycles. The van der Waals surface area contributed by atoms with Crippen LogP contribution in [-0.2, 0) is 9.59 Å². The van der Waals surface area contributed by atoms with E-state index in [2.05, 4.69) is 66.3 Å². The highest BCUT2D eigenvalue weighted by molar-refractivity contribution is 8.00. The molecule has 1 aliphatic carbocycles. The molecular weight excluding hydrogens is 500 g/mol.